The zero-order valence-corrected chi connectivity index (χ0v) is 10.3. The summed E-state index contributed by atoms with van der Waals surface area (Å²) < 4.78 is -1.32. The molecule has 0 atom stereocenters. The van der Waals surface area contributed by atoms with Gasteiger partial charge in [-0.2, -0.15) is 0 Å². The number of carbonyl (C=O) groups is 1. The third-order valence-electron chi connectivity index (χ3n) is 1.44. The molecule has 1 aromatic rings. The third-order valence-corrected chi connectivity index (χ3v) is 2.93. The van der Waals surface area contributed by atoms with E-state index in [0.717, 1.165) is 10.6 Å². The molecular formula is C7H7Cl3N2OS. The van der Waals surface area contributed by atoms with Crippen molar-refractivity contribution in [3.63, 3.8) is 0 Å². The Kier molecular flexibility index (Phi) is 4.01. The van der Waals surface area contributed by atoms with Gasteiger partial charge in [-0.1, -0.05) is 34.8 Å². The standard InChI is InChI=1S/C7H7Cl3N2OS/c1-4-5(2-7(8,9)10)14-6(12-4)11-3-13/h3H,2H2,1H3,(H,11,12,13). The summed E-state index contributed by atoms with van der Waals surface area (Å²) in [5.41, 5.74) is 0.769. The molecule has 1 aromatic heterocycles. The molecular weight excluding hydrogens is 267 g/mol. The molecule has 0 aliphatic rings. The third kappa shape index (κ3) is 3.61. The summed E-state index contributed by atoms with van der Waals surface area (Å²) in [6.45, 7) is 1.80. The highest BCUT2D eigenvalue weighted by atomic mass is 35.6. The van der Waals surface area contributed by atoms with Gasteiger partial charge < -0.3 is 5.32 Å². The van der Waals surface area contributed by atoms with E-state index in [1.165, 1.54) is 11.3 Å². The van der Waals surface area contributed by atoms with E-state index in [1.54, 1.807) is 6.92 Å². The lowest BCUT2D eigenvalue weighted by molar-refractivity contribution is -0.105. The molecule has 1 N–H and O–H groups in total. The van der Waals surface area contributed by atoms with Gasteiger partial charge in [0, 0.05) is 11.3 Å². The summed E-state index contributed by atoms with van der Waals surface area (Å²) in [6, 6.07) is 0. The number of alkyl halides is 3. The maximum atomic E-state index is 10.2. The van der Waals surface area contributed by atoms with Crippen molar-refractivity contribution in [1.29, 1.82) is 0 Å². The summed E-state index contributed by atoms with van der Waals surface area (Å²) >= 11 is 18.2. The number of halogens is 3. The van der Waals surface area contributed by atoms with Crippen molar-refractivity contribution >= 4 is 57.7 Å². The van der Waals surface area contributed by atoms with Crippen LogP contribution >= 0.6 is 46.1 Å². The Morgan fingerprint density at radius 2 is 2.21 bits per heavy atom. The van der Waals surface area contributed by atoms with Crippen LogP contribution in [0, 0.1) is 6.92 Å². The fourth-order valence-corrected chi connectivity index (χ4v) is 2.53. The van der Waals surface area contributed by atoms with Crippen molar-refractivity contribution in [2.24, 2.45) is 0 Å². The number of amides is 1. The quantitative estimate of drug-likeness (QED) is 0.679. The highest BCUT2D eigenvalue weighted by Gasteiger charge is 2.23. The summed E-state index contributed by atoms with van der Waals surface area (Å²) in [6.07, 6.45) is 0.860. The van der Waals surface area contributed by atoms with Crippen molar-refractivity contribution in [3.05, 3.63) is 10.6 Å². The first-order valence-electron chi connectivity index (χ1n) is 3.65. The van der Waals surface area contributed by atoms with Crippen LogP contribution in [0.4, 0.5) is 5.13 Å². The van der Waals surface area contributed by atoms with Crippen LogP contribution in [0.25, 0.3) is 0 Å². The molecule has 0 spiro atoms. The molecule has 0 fully saturated rings. The van der Waals surface area contributed by atoms with Gasteiger partial charge in [-0.15, -0.1) is 11.3 Å². The number of thiazole rings is 1. The van der Waals surface area contributed by atoms with Crippen molar-refractivity contribution in [3.8, 4) is 0 Å². The van der Waals surface area contributed by atoms with E-state index >= 15 is 0 Å². The van der Waals surface area contributed by atoms with Crippen molar-refractivity contribution in [2.45, 2.75) is 17.1 Å². The van der Waals surface area contributed by atoms with Gasteiger partial charge >= 0.3 is 0 Å². The highest BCUT2D eigenvalue weighted by molar-refractivity contribution is 7.15. The topological polar surface area (TPSA) is 42.0 Å². The van der Waals surface area contributed by atoms with Crippen LogP contribution in [0.1, 0.15) is 10.6 Å². The van der Waals surface area contributed by atoms with E-state index < -0.39 is 3.79 Å². The molecule has 0 saturated heterocycles. The minimum Gasteiger partial charge on any atom is -0.305 e. The summed E-state index contributed by atoms with van der Waals surface area (Å²) in [5, 5.41) is 2.97. The predicted molar refractivity (Wildman–Crippen MR) is 60.5 cm³/mol. The van der Waals surface area contributed by atoms with Crippen LogP contribution in [0.5, 0.6) is 0 Å². The average Bonchev–Trinajstić information content (AvgIpc) is 2.29. The van der Waals surface area contributed by atoms with Crippen LogP contribution in [0.3, 0.4) is 0 Å². The van der Waals surface area contributed by atoms with Gasteiger partial charge in [0.2, 0.25) is 6.41 Å². The lowest BCUT2D eigenvalue weighted by Crippen LogP contribution is -2.06. The van der Waals surface area contributed by atoms with E-state index in [1.807, 2.05) is 0 Å². The average molecular weight is 274 g/mol. The fraction of sp³-hybridized carbons (Fsp3) is 0.429. The molecule has 0 aromatic carbocycles. The van der Waals surface area contributed by atoms with Gasteiger partial charge in [-0.25, -0.2) is 4.98 Å². The first kappa shape index (κ1) is 12.0. The number of hydrogen-bond acceptors (Lipinski definition) is 3. The molecule has 78 valence electrons. The molecule has 14 heavy (non-hydrogen) atoms. The smallest absolute Gasteiger partial charge is 0.213 e. The molecule has 0 aliphatic heterocycles. The number of aryl methyl sites for hydroxylation is 1. The zero-order chi connectivity index (χ0) is 10.8. The normalized spacial score (nSPS) is 11.4. The van der Waals surface area contributed by atoms with E-state index in [4.69, 9.17) is 34.8 Å². The van der Waals surface area contributed by atoms with Gasteiger partial charge in [0.25, 0.3) is 0 Å². The number of hydrogen-bond donors (Lipinski definition) is 1. The second-order valence-corrected chi connectivity index (χ2v) is 6.18. The Bertz CT molecular complexity index is 334. The number of nitrogens with zero attached hydrogens (tertiary/aromatic N) is 1. The van der Waals surface area contributed by atoms with E-state index in [0.29, 0.717) is 18.0 Å². The Morgan fingerprint density at radius 1 is 1.57 bits per heavy atom. The number of aromatic nitrogens is 1. The molecule has 1 amide bonds. The van der Waals surface area contributed by atoms with Gasteiger partial charge in [0.05, 0.1) is 5.69 Å². The number of anilines is 1. The van der Waals surface area contributed by atoms with Gasteiger partial charge in [0.1, 0.15) is 0 Å². The van der Waals surface area contributed by atoms with Gasteiger partial charge in [-0.05, 0) is 6.92 Å². The van der Waals surface area contributed by atoms with Gasteiger partial charge in [0.15, 0.2) is 8.92 Å². The maximum absolute atomic E-state index is 10.2. The van der Waals surface area contributed by atoms with E-state index in [2.05, 4.69) is 10.3 Å². The van der Waals surface area contributed by atoms with Crippen molar-refractivity contribution in [2.75, 3.05) is 5.32 Å². The minimum absolute atomic E-state index is 0.293. The first-order valence-corrected chi connectivity index (χ1v) is 5.60. The molecule has 1 rings (SSSR count). The Balaban J connectivity index is 2.82. The largest absolute Gasteiger partial charge is 0.305 e. The van der Waals surface area contributed by atoms with Crippen molar-refractivity contribution in [1.82, 2.24) is 4.98 Å². The van der Waals surface area contributed by atoms with Crippen LogP contribution in [0.2, 0.25) is 0 Å². The second-order valence-electron chi connectivity index (χ2n) is 2.58. The van der Waals surface area contributed by atoms with Crippen LogP contribution < -0.4 is 5.32 Å². The van der Waals surface area contributed by atoms with Crippen molar-refractivity contribution < 1.29 is 4.79 Å². The van der Waals surface area contributed by atoms with Crippen LogP contribution in [-0.2, 0) is 11.2 Å². The van der Waals surface area contributed by atoms with E-state index in [9.17, 15) is 4.79 Å². The fourth-order valence-electron chi connectivity index (χ4n) is 0.886. The second kappa shape index (κ2) is 4.66. The van der Waals surface area contributed by atoms with Gasteiger partial charge in [-0.3, -0.25) is 4.79 Å². The summed E-state index contributed by atoms with van der Waals surface area (Å²) in [7, 11) is 0. The van der Waals surface area contributed by atoms with E-state index in [-0.39, 0.29) is 0 Å². The molecule has 3 nitrogen and oxygen atoms in total. The Labute approximate surface area is 100 Å². The Hall–Kier alpha value is -0.0300. The monoisotopic (exact) mass is 272 g/mol. The SMILES string of the molecule is Cc1nc(NC=O)sc1CC(Cl)(Cl)Cl. The molecule has 0 unspecified atom stereocenters. The maximum Gasteiger partial charge on any atom is 0.213 e. The molecule has 0 aliphatic carbocycles. The number of rotatable bonds is 3. The molecule has 1 heterocycles. The molecule has 0 saturated carbocycles. The number of carbonyl (C=O) groups excluding carboxylic acids is 1. The molecule has 7 heteroatoms. The minimum atomic E-state index is -1.32. The molecule has 0 bridgehead atoms. The summed E-state index contributed by atoms with van der Waals surface area (Å²) in [5.74, 6) is 0. The Morgan fingerprint density at radius 3 is 2.71 bits per heavy atom. The zero-order valence-electron chi connectivity index (χ0n) is 7.18. The molecule has 0 radical (unpaired) electrons. The predicted octanol–water partition coefficient (Wildman–Crippen LogP) is 2.93. The lowest BCUT2D eigenvalue weighted by Gasteiger charge is -2.08. The van der Waals surface area contributed by atoms with Crippen LogP contribution in [0.15, 0.2) is 0 Å². The highest BCUT2D eigenvalue weighted by Crippen LogP contribution is 2.34. The lowest BCUT2D eigenvalue weighted by atomic mass is 10.3. The summed E-state index contributed by atoms with van der Waals surface area (Å²) in [4.78, 5) is 15.1. The first-order chi connectivity index (χ1) is 6.42. The number of nitrogens with one attached hydrogen (secondary N) is 1. The van der Waals surface area contributed by atoms with Crippen LogP contribution in [-0.4, -0.2) is 15.2 Å².